The number of carboxylic acids is 2. The number of carbonyl (C=O) groups is 18. The van der Waals surface area contributed by atoms with Crippen molar-refractivity contribution in [2.45, 2.75) is 305 Å². The number of rotatable bonds is 66. The van der Waals surface area contributed by atoms with Gasteiger partial charge in [-0.05, 0) is 118 Å². The zero-order valence-electron chi connectivity index (χ0n) is 84.0. The Labute approximate surface area is 865 Å². The summed E-state index contributed by atoms with van der Waals surface area (Å²) in [5, 5.41) is 123. The number of carboxylic acid groups (broad SMARTS) is 2. The molecule has 52 nitrogen and oxygen atoms in total. The molecule has 2 fully saturated rings. The molecular formula is C97H156N26O26. The lowest BCUT2D eigenvalue weighted by atomic mass is 10.0. The Bertz CT molecular complexity index is 4850. The second-order valence-electron chi connectivity index (χ2n) is 36.8. The number of aliphatic hydroxyl groups is 4. The number of aromatic nitrogens is 5. The predicted molar refractivity (Wildman–Crippen MR) is 541 cm³/mol. The number of aliphatic hydroxyl groups excluding tert-OH is 4. The van der Waals surface area contributed by atoms with Crippen molar-refractivity contribution in [3.05, 3.63) is 77.7 Å². The number of nitrogens with one attached hydrogen (secondary N) is 18. The van der Waals surface area contributed by atoms with E-state index >= 15 is 24.0 Å². The van der Waals surface area contributed by atoms with Crippen LogP contribution in [0.3, 0.4) is 0 Å². The number of H-pyrrole nitrogens is 2. The van der Waals surface area contributed by atoms with E-state index < -0.39 is 270 Å². The maximum absolute atomic E-state index is 15.5. The van der Waals surface area contributed by atoms with Crippen LogP contribution in [-0.4, -0.2) is 356 Å². The first-order chi connectivity index (χ1) is 71.0. The van der Waals surface area contributed by atoms with Gasteiger partial charge < -0.3 is 142 Å². The van der Waals surface area contributed by atoms with E-state index in [1.165, 1.54) is 51.4 Å². The van der Waals surface area contributed by atoms with E-state index in [4.69, 9.17) is 32.1 Å². The van der Waals surface area contributed by atoms with Gasteiger partial charge in [-0.15, -0.1) is 5.10 Å². The Kier molecular flexibility index (Phi) is 60.1. The van der Waals surface area contributed by atoms with E-state index in [-0.39, 0.29) is 136 Å². The van der Waals surface area contributed by atoms with Gasteiger partial charge in [0.1, 0.15) is 85.1 Å². The molecule has 2 saturated heterocycles. The third-order valence-electron chi connectivity index (χ3n) is 24.7. The molecule has 6 rings (SSSR count). The molecule has 0 radical (unpaired) electrons. The predicted octanol–water partition coefficient (Wildman–Crippen LogP) is -4.30. The average molecular weight is 2100 g/mol. The molecule has 13 atom stereocenters. The number of nitrogens with two attached hydrogens (primary N) is 3. The fourth-order valence-electron chi connectivity index (χ4n) is 16.7. The summed E-state index contributed by atoms with van der Waals surface area (Å²) in [4.78, 5) is 254. The first-order valence-corrected chi connectivity index (χ1v) is 50.8. The van der Waals surface area contributed by atoms with Crippen LogP contribution in [0.1, 0.15) is 224 Å². The van der Waals surface area contributed by atoms with Gasteiger partial charge in [0.05, 0.1) is 58.8 Å². The topological polar surface area (TPSA) is 806 Å². The first-order valence-electron chi connectivity index (χ1n) is 50.8. The molecule has 0 spiro atoms. The van der Waals surface area contributed by atoms with Crippen LogP contribution in [0.5, 0.6) is 0 Å². The van der Waals surface area contributed by atoms with Crippen molar-refractivity contribution in [3.63, 3.8) is 0 Å². The minimum atomic E-state index is -2.03. The molecule has 30 N–H and O–H groups in total. The van der Waals surface area contributed by atoms with Crippen molar-refractivity contribution in [2.24, 2.45) is 17.2 Å². The number of para-hydroxylation sites is 1. The Morgan fingerprint density at radius 3 is 1.79 bits per heavy atom. The van der Waals surface area contributed by atoms with Gasteiger partial charge in [0.2, 0.25) is 94.5 Å². The van der Waals surface area contributed by atoms with Crippen LogP contribution in [0.15, 0.2) is 60.8 Å². The summed E-state index contributed by atoms with van der Waals surface area (Å²) in [6, 6.07) is -2.95. The monoisotopic (exact) mass is 2100 g/mol. The molecule has 2 aliphatic rings. The summed E-state index contributed by atoms with van der Waals surface area (Å²) in [7, 11) is 0. The van der Waals surface area contributed by atoms with Crippen LogP contribution >= 0.6 is 0 Å². The second-order valence-corrected chi connectivity index (χ2v) is 36.8. The standard InChI is InChI=1S/C96H152N26O26.CH4/c1-2-3-30-66(87(138)113-70-38-40-79(128)101-41-24-22-32-65(85(98)136)108-91(142)72(49-61-51-105-64-31-21-20-29-63(61)64)114-88(139)68(34-26-43-104-96(99)100)110-90(141)71(48-60-27-16-15-17-28-60)115-94(145)75-50-62(125)53-122(75)95(70)146)109-86(137)67(33-23-25-42-102-81(130)54-121(55-83(132)133)56-84(134)135)111-93(144)74(58-124)116-89(140)69(37-39-76(97)126)112-92(143)73(57-123)107-80(129)52-106-82(131)59-148-47-46-147-45-44-103-78(127)36-19-14-12-10-8-6-4-5-7-9-11-13-18-35-77-117-119-120-118-77;/h15-17,20-21,27-29,31,51,62,65-75,81,102,105,123-125,130H,2-14,18-19,22-26,30,32-50,52-59H2,1H3,(H2,97,126)(H2,98,136)(H,101,128)(H,103,127)(H,106,131)(H,107,129)(H,108,142)(H,109,137)(H,110,141)(H,111,144)(H,112,143)(H,113,138)(H,114,139)(H,115,145)(H,116,140)(H,132,133)(H,134,135)(H4,99,100,104)(H,117,118,119,120);1H4/t62-,65+,66+,67+,68+,69+,70+,71-,72-,73+,74+,75+,81?;/m1./s1. The van der Waals surface area contributed by atoms with E-state index in [1.807, 2.05) is 0 Å². The van der Waals surface area contributed by atoms with Crippen molar-refractivity contribution in [1.29, 1.82) is 5.41 Å². The fourth-order valence-corrected chi connectivity index (χ4v) is 16.7. The lowest BCUT2D eigenvalue weighted by Gasteiger charge is -2.31. The van der Waals surface area contributed by atoms with Gasteiger partial charge in [0.25, 0.3) is 0 Å². The lowest BCUT2D eigenvalue weighted by molar-refractivity contribution is -0.143. The van der Waals surface area contributed by atoms with Crippen molar-refractivity contribution >= 4 is 123 Å². The molecule has 1 unspecified atom stereocenters. The number of ether oxygens (including phenoxy) is 2. The zero-order valence-corrected chi connectivity index (χ0v) is 84.0. The highest BCUT2D eigenvalue weighted by Gasteiger charge is 2.45. The maximum Gasteiger partial charge on any atom is 0.317 e. The van der Waals surface area contributed by atoms with Crippen LogP contribution in [0.2, 0.25) is 0 Å². The van der Waals surface area contributed by atoms with Gasteiger partial charge in [0.15, 0.2) is 5.96 Å². The Balaban J connectivity index is 0.0000390. The fraction of sp³-hybridized carbons (Fsp3) is 0.649. The van der Waals surface area contributed by atoms with Crippen LogP contribution in [0.25, 0.3) is 10.9 Å². The molecular weight excluding hydrogens is 1950 g/mol. The van der Waals surface area contributed by atoms with Crippen molar-refractivity contribution < 1.29 is 126 Å². The summed E-state index contributed by atoms with van der Waals surface area (Å²) in [6.07, 6.45) is 11.6. The molecule has 4 aromatic rings. The number of nitrogens with zero attached hydrogens (tertiary/aromatic N) is 5. The summed E-state index contributed by atoms with van der Waals surface area (Å²) >= 11 is 0. The average Bonchev–Trinajstić information content (AvgIpc) is 1.69. The number of primary amides is 2. The molecule has 0 aliphatic carbocycles. The highest BCUT2D eigenvalue weighted by Crippen LogP contribution is 2.25. The molecule has 52 heteroatoms. The number of benzene rings is 2. The second kappa shape index (κ2) is 71.2. The Morgan fingerprint density at radius 1 is 0.577 bits per heavy atom. The van der Waals surface area contributed by atoms with Crippen molar-refractivity contribution in [3.8, 4) is 0 Å². The van der Waals surface area contributed by atoms with Crippen LogP contribution in [-0.2, 0) is 115 Å². The van der Waals surface area contributed by atoms with Crippen molar-refractivity contribution in [2.75, 3.05) is 98.5 Å². The number of unbranched alkanes of at least 4 members (excludes halogenated alkanes) is 14. The minimum absolute atomic E-state index is 0. The number of aromatic amines is 2. The number of hydrogen-bond acceptors (Lipinski definition) is 30. The van der Waals surface area contributed by atoms with E-state index in [2.05, 4.69) is 105 Å². The first kappa shape index (κ1) is 126. The Morgan fingerprint density at radius 2 is 1.15 bits per heavy atom. The van der Waals surface area contributed by atoms with E-state index in [9.17, 15) is 93.0 Å². The third kappa shape index (κ3) is 50.4. The van der Waals surface area contributed by atoms with Gasteiger partial charge in [-0.1, -0.05) is 146 Å². The highest BCUT2D eigenvalue weighted by molar-refractivity contribution is 6.01. The van der Waals surface area contributed by atoms with E-state index in [0.717, 1.165) is 54.1 Å². The molecule has 0 bridgehead atoms. The third-order valence-corrected chi connectivity index (χ3v) is 24.7. The smallest absolute Gasteiger partial charge is 0.317 e. The molecule has 2 aliphatic heterocycles. The number of carbonyl (C=O) groups excluding carboxylic acids is 16. The molecule has 830 valence electrons. The summed E-state index contributed by atoms with van der Waals surface area (Å²) in [5.74, 6) is -17.7. The number of tetrazole rings is 1. The number of aryl methyl sites for hydroxylation is 1. The van der Waals surface area contributed by atoms with Gasteiger partial charge in [-0.2, -0.15) is 0 Å². The van der Waals surface area contributed by atoms with E-state index in [0.29, 0.717) is 34.9 Å². The SMILES string of the molecule is C.CCCC[C@H](NC(=O)[C@H](CCCCNC(O)CN(CC(=O)O)CC(=O)O)NC(=O)[C@H](CO)NC(=O)[C@H](CCC(N)=O)NC(=O)[C@H](CO)NC(=O)CNC(=O)COCCOCCNC(=O)CCCCCCCCCCCCCCCc1nnn[nH]1)C(=O)N[C@H]1CCC(=O)NCCCC[C@@H](C(N)=O)NC(=O)[C@@H](Cc2c[nH]c3ccccc23)NC(=O)[C@H](CCCNC(=N)N)NC(=O)[C@@H](Cc2ccccc2)NC(=O)[C@@H]2C[C@@H](O)CN2C1=O. The highest BCUT2D eigenvalue weighted by atomic mass is 16.5. The molecule has 0 saturated carbocycles. The van der Waals surface area contributed by atoms with E-state index in [1.54, 1.807) is 67.7 Å². The summed E-state index contributed by atoms with van der Waals surface area (Å²) in [6.45, 7) is -4.18. The van der Waals surface area contributed by atoms with Gasteiger partial charge in [-0.3, -0.25) is 102 Å². The number of guanidine groups is 1. The molecule has 2 aromatic heterocycles. The number of aliphatic carboxylic acids is 2. The molecule has 4 heterocycles. The quantitative estimate of drug-likeness (QED) is 0.00861. The van der Waals surface area contributed by atoms with Crippen LogP contribution < -0.4 is 97.0 Å². The Hall–Kier alpha value is -13.5. The van der Waals surface area contributed by atoms with Crippen molar-refractivity contribution in [1.82, 2.24) is 115 Å². The largest absolute Gasteiger partial charge is 0.480 e. The minimum Gasteiger partial charge on any atom is -0.480 e. The molecule has 2 aromatic carbocycles. The zero-order chi connectivity index (χ0) is 108. The maximum atomic E-state index is 15.5. The number of amides is 16. The molecule has 149 heavy (non-hydrogen) atoms. The summed E-state index contributed by atoms with van der Waals surface area (Å²) in [5.41, 5.74) is 18.7. The van der Waals surface area contributed by atoms with Crippen LogP contribution in [0, 0.1) is 5.41 Å². The van der Waals surface area contributed by atoms with Gasteiger partial charge in [-0.25, -0.2) is 5.10 Å². The number of hydrogen-bond donors (Lipinski definition) is 27. The molecule has 16 amide bonds. The van der Waals surface area contributed by atoms with Gasteiger partial charge in [0, 0.05) is 94.8 Å². The number of fused-ring (bicyclic) bond motifs is 2. The van der Waals surface area contributed by atoms with Gasteiger partial charge >= 0.3 is 11.9 Å². The lowest BCUT2D eigenvalue weighted by Crippen LogP contribution is -2.61. The van der Waals surface area contributed by atoms with Crippen LogP contribution in [0.4, 0.5) is 0 Å². The normalized spacial score (nSPS) is 18.3. The summed E-state index contributed by atoms with van der Waals surface area (Å²) < 4.78 is 10.8.